The minimum Gasteiger partial charge on any atom is -0.370 e. The summed E-state index contributed by atoms with van der Waals surface area (Å²) in [5.41, 5.74) is 5.44. The van der Waals surface area contributed by atoms with Gasteiger partial charge in [0.05, 0.1) is 0 Å². The standard InChI is InChI=1S/C12H21N3O2/c1-4-12(2,16-3)11-14-10(17-15-11)8-5-6-9(13)7-8/h8-9H,4-7,13H2,1-3H3. The van der Waals surface area contributed by atoms with Gasteiger partial charge in [-0.25, -0.2) is 0 Å². The van der Waals surface area contributed by atoms with Crippen LogP contribution in [0.25, 0.3) is 0 Å². The number of methoxy groups -OCH3 is 1. The van der Waals surface area contributed by atoms with E-state index in [1.165, 1.54) is 0 Å². The van der Waals surface area contributed by atoms with Crippen LogP contribution in [0.3, 0.4) is 0 Å². The van der Waals surface area contributed by atoms with Gasteiger partial charge in [-0.2, -0.15) is 4.98 Å². The van der Waals surface area contributed by atoms with Gasteiger partial charge in [-0.1, -0.05) is 12.1 Å². The van der Waals surface area contributed by atoms with Gasteiger partial charge in [-0.15, -0.1) is 0 Å². The van der Waals surface area contributed by atoms with E-state index < -0.39 is 5.60 Å². The minimum absolute atomic E-state index is 0.273. The van der Waals surface area contributed by atoms with Crippen LogP contribution in [0.15, 0.2) is 4.52 Å². The van der Waals surface area contributed by atoms with Gasteiger partial charge in [-0.3, -0.25) is 0 Å². The summed E-state index contributed by atoms with van der Waals surface area (Å²) in [6, 6.07) is 0.273. The maximum absolute atomic E-state index is 5.89. The number of aromatic nitrogens is 2. The fourth-order valence-corrected chi connectivity index (χ4v) is 2.25. The predicted molar refractivity (Wildman–Crippen MR) is 63.5 cm³/mol. The van der Waals surface area contributed by atoms with Crippen molar-refractivity contribution in [1.82, 2.24) is 10.1 Å². The zero-order chi connectivity index (χ0) is 12.5. The number of hydrogen-bond acceptors (Lipinski definition) is 5. The lowest BCUT2D eigenvalue weighted by Crippen LogP contribution is -2.24. The highest BCUT2D eigenvalue weighted by atomic mass is 16.5. The Morgan fingerprint density at radius 2 is 2.29 bits per heavy atom. The number of nitrogens with two attached hydrogens (primary N) is 1. The third kappa shape index (κ3) is 2.35. The van der Waals surface area contributed by atoms with Crippen LogP contribution in [0, 0.1) is 0 Å². The molecule has 2 rings (SSSR count). The maximum atomic E-state index is 5.89. The molecule has 1 fully saturated rings. The van der Waals surface area contributed by atoms with Gasteiger partial charge in [0.2, 0.25) is 11.7 Å². The van der Waals surface area contributed by atoms with Crippen molar-refractivity contribution >= 4 is 0 Å². The molecule has 2 N–H and O–H groups in total. The first-order chi connectivity index (χ1) is 8.09. The van der Waals surface area contributed by atoms with Crippen LogP contribution in [0.1, 0.15) is 57.2 Å². The molecule has 0 spiro atoms. The average molecular weight is 239 g/mol. The number of ether oxygens (including phenoxy) is 1. The molecule has 5 heteroatoms. The third-order valence-corrected chi connectivity index (χ3v) is 3.86. The van der Waals surface area contributed by atoms with Crippen molar-refractivity contribution in [2.24, 2.45) is 5.73 Å². The second-order valence-electron chi connectivity index (χ2n) is 5.01. The van der Waals surface area contributed by atoms with E-state index in [1.54, 1.807) is 7.11 Å². The van der Waals surface area contributed by atoms with E-state index in [0.29, 0.717) is 17.6 Å². The summed E-state index contributed by atoms with van der Waals surface area (Å²) in [4.78, 5) is 4.48. The third-order valence-electron chi connectivity index (χ3n) is 3.86. The van der Waals surface area contributed by atoms with Gasteiger partial charge in [0, 0.05) is 19.1 Å². The highest BCUT2D eigenvalue weighted by Gasteiger charge is 2.33. The van der Waals surface area contributed by atoms with Crippen molar-refractivity contribution in [3.63, 3.8) is 0 Å². The molecule has 0 radical (unpaired) electrons. The zero-order valence-electron chi connectivity index (χ0n) is 10.8. The minimum atomic E-state index is -0.456. The molecule has 3 unspecified atom stereocenters. The molecule has 0 amide bonds. The van der Waals surface area contributed by atoms with E-state index in [4.69, 9.17) is 15.0 Å². The first-order valence-electron chi connectivity index (χ1n) is 6.24. The molecule has 17 heavy (non-hydrogen) atoms. The molecule has 1 aliphatic carbocycles. The molecule has 96 valence electrons. The van der Waals surface area contributed by atoms with Gasteiger partial charge in [0.1, 0.15) is 5.60 Å². The fraction of sp³-hybridized carbons (Fsp3) is 0.833. The molecule has 0 aliphatic heterocycles. The van der Waals surface area contributed by atoms with Gasteiger partial charge in [0.15, 0.2) is 0 Å². The van der Waals surface area contributed by atoms with Gasteiger partial charge >= 0.3 is 0 Å². The molecular weight excluding hydrogens is 218 g/mol. The lowest BCUT2D eigenvalue weighted by atomic mass is 10.0. The van der Waals surface area contributed by atoms with Crippen LogP contribution in [0.5, 0.6) is 0 Å². The van der Waals surface area contributed by atoms with Crippen LogP contribution in [-0.4, -0.2) is 23.3 Å². The monoisotopic (exact) mass is 239 g/mol. The summed E-state index contributed by atoms with van der Waals surface area (Å²) in [7, 11) is 1.67. The highest BCUT2D eigenvalue weighted by molar-refractivity contribution is 5.04. The summed E-state index contributed by atoms with van der Waals surface area (Å²) in [5.74, 6) is 1.67. The molecule has 1 saturated carbocycles. The van der Waals surface area contributed by atoms with E-state index in [2.05, 4.69) is 10.1 Å². The van der Waals surface area contributed by atoms with E-state index in [-0.39, 0.29) is 6.04 Å². The lowest BCUT2D eigenvalue weighted by molar-refractivity contribution is -0.0106. The number of hydrogen-bond donors (Lipinski definition) is 1. The topological polar surface area (TPSA) is 74.2 Å². The predicted octanol–water partition coefficient (Wildman–Crippen LogP) is 1.94. The molecule has 3 atom stereocenters. The normalized spacial score (nSPS) is 28.2. The van der Waals surface area contributed by atoms with Gasteiger partial charge in [-0.05, 0) is 32.6 Å². The Bertz CT molecular complexity index is 374. The van der Waals surface area contributed by atoms with Crippen molar-refractivity contribution < 1.29 is 9.26 Å². The highest BCUT2D eigenvalue weighted by Crippen LogP contribution is 2.34. The Hall–Kier alpha value is -0.940. The Morgan fingerprint density at radius 1 is 1.53 bits per heavy atom. The molecule has 0 aromatic carbocycles. The zero-order valence-corrected chi connectivity index (χ0v) is 10.8. The summed E-state index contributed by atoms with van der Waals surface area (Å²) in [5, 5.41) is 4.05. The lowest BCUT2D eigenvalue weighted by Gasteiger charge is -2.21. The Kier molecular flexibility index (Phi) is 3.49. The second-order valence-corrected chi connectivity index (χ2v) is 5.01. The number of nitrogens with zero attached hydrogens (tertiary/aromatic N) is 2. The van der Waals surface area contributed by atoms with Gasteiger partial charge < -0.3 is 15.0 Å². The van der Waals surface area contributed by atoms with Crippen molar-refractivity contribution in [2.75, 3.05) is 7.11 Å². The molecular formula is C12H21N3O2. The van der Waals surface area contributed by atoms with E-state index in [1.807, 2.05) is 13.8 Å². The van der Waals surface area contributed by atoms with E-state index in [9.17, 15) is 0 Å². The van der Waals surface area contributed by atoms with Crippen LogP contribution in [-0.2, 0) is 10.3 Å². The Balaban J connectivity index is 2.15. The average Bonchev–Trinajstić information content (AvgIpc) is 2.96. The second kappa shape index (κ2) is 4.74. The summed E-state index contributed by atoms with van der Waals surface area (Å²) >= 11 is 0. The van der Waals surface area contributed by atoms with Crippen molar-refractivity contribution in [3.8, 4) is 0 Å². The molecule has 0 bridgehead atoms. The summed E-state index contributed by atoms with van der Waals surface area (Å²) in [6.45, 7) is 4.02. The van der Waals surface area contributed by atoms with E-state index in [0.717, 1.165) is 25.7 Å². The molecule has 1 aromatic rings. The molecule has 1 aliphatic rings. The first kappa shape index (κ1) is 12.5. The van der Waals surface area contributed by atoms with Crippen LogP contribution < -0.4 is 5.73 Å². The van der Waals surface area contributed by atoms with Crippen molar-refractivity contribution in [2.45, 2.75) is 57.1 Å². The molecule has 1 heterocycles. The van der Waals surface area contributed by atoms with Gasteiger partial charge in [0.25, 0.3) is 0 Å². The first-order valence-corrected chi connectivity index (χ1v) is 6.24. The van der Waals surface area contributed by atoms with Crippen LogP contribution in [0.4, 0.5) is 0 Å². The van der Waals surface area contributed by atoms with E-state index >= 15 is 0 Å². The Labute approximate surface area is 102 Å². The maximum Gasteiger partial charge on any atom is 0.229 e. The van der Waals surface area contributed by atoms with Crippen LogP contribution >= 0.6 is 0 Å². The summed E-state index contributed by atoms with van der Waals surface area (Å²) < 4.78 is 10.8. The molecule has 1 aromatic heterocycles. The largest absolute Gasteiger partial charge is 0.370 e. The summed E-state index contributed by atoms with van der Waals surface area (Å²) in [6.07, 6.45) is 3.83. The fourth-order valence-electron chi connectivity index (χ4n) is 2.25. The quantitative estimate of drug-likeness (QED) is 0.869. The SMILES string of the molecule is CCC(C)(OC)c1noc(C2CCC(N)C2)n1. The van der Waals surface area contributed by atoms with Crippen molar-refractivity contribution in [3.05, 3.63) is 11.7 Å². The Morgan fingerprint density at radius 3 is 2.82 bits per heavy atom. The van der Waals surface area contributed by atoms with Crippen LogP contribution in [0.2, 0.25) is 0 Å². The number of rotatable bonds is 4. The molecule has 5 nitrogen and oxygen atoms in total. The molecule has 0 saturated heterocycles. The smallest absolute Gasteiger partial charge is 0.229 e. The van der Waals surface area contributed by atoms with Crippen molar-refractivity contribution in [1.29, 1.82) is 0 Å².